The van der Waals surface area contributed by atoms with E-state index in [4.69, 9.17) is 25.8 Å². The first-order valence-corrected chi connectivity index (χ1v) is 6.09. The van der Waals surface area contributed by atoms with Crippen molar-refractivity contribution in [1.29, 1.82) is 0 Å². The first-order valence-electron chi connectivity index (χ1n) is 5.56. The number of allylic oxidation sites excluding steroid dienone is 1. The lowest BCUT2D eigenvalue weighted by Crippen LogP contribution is -2.13. The van der Waals surface area contributed by atoms with Crippen LogP contribution in [0.2, 0.25) is 0 Å². The summed E-state index contributed by atoms with van der Waals surface area (Å²) < 4.78 is 15.6. The molecule has 0 bridgehead atoms. The van der Waals surface area contributed by atoms with Gasteiger partial charge in [-0.15, -0.1) is 11.6 Å². The molecule has 0 saturated heterocycles. The van der Waals surface area contributed by atoms with Gasteiger partial charge >= 0.3 is 0 Å². The van der Waals surface area contributed by atoms with Crippen molar-refractivity contribution in [2.45, 2.75) is 32.7 Å². The molecule has 0 aromatic carbocycles. The van der Waals surface area contributed by atoms with E-state index in [1.165, 1.54) is 0 Å². The highest BCUT2D eigenvalue weighted by molar-refractivity contribution is 6.19. The molecule has 0 heterocycles. The molecule has 3 nitrogen and oxygen atoms in total. The van der Waals surface area contributed by atoms with Gasteiger partial charge in [0.1, 0.15) is 0 Å². The van der Waals surface area contributed by atoms with Crippen LogP contribution in [0, 0.1) is 0 Å². The SMILES string of the molecule is COC(/C=C(\C)CCl)C/C(C)=C/C(OC)OC. The minimum atomic E-state index is -0.300. The molecule has 4 heteroatoms. The highest BCUT2D eigenvalue weighted by Gasteiger charge is 2.07. The van der Waals surface area contributed by atoms with Gasteiger partial charge in [-0.1, -0.05) is 17.2 Å². The molecule has 0 saturated carbocycles. The molecule has 1 unspecified atom stereocenters. The third kappa shape index (κ3) is 7.55. The molecule has 0 fully saturated rings. The topological polar surface area (TPSA) is 27.7 Å². The Hall–Kier alpha value is -0.350. The van der Waals surface area contributed by atoms with Crippen LogP contribution in [0.25, 0.3) is 0 Å². The molecule has 0 radical (unpaired) electrons. The van der Waals surface area contributed by atoms with Crippen LogP contribution in [0.5, 0.6) is 0 Å². The zero-order chi connectivity index (χ0) is 13.3. The first-order chi connectivity index (χ1) is 8.07. The summed E-state index contributed by atoms with van der Waals surface area (Å²) in [6, 6.07) is 0. The second-order valence-corrected chi connectivity index (χ2v) is 4.25. The quantitative estimate of drug-likeness (QED) is 0.382. The molecule has 0 aromatic heterocycles. The van der Waals surface area contributed by atoms with Gasteiger partial charge in [-0.05, 0) is 26.3 Å². The largest absolute Gasteiger partial charge is 0.377 e. The molecule has 17 heavy (non-hydrogen) atoms. The van der Waals surface area contributed by atoms with Crippen molar-refractivity contribution in [1.82, 2.24) is 0 Å². The second-order valence-electron chi connectivity index (χ2n) is 3.98. The Kier molecular flexibility index (Phi) is 9.46. The summed E-state index contributed by atoms with van der Waals surface area (Å²) in [7, 11) is 4.92. The molecule has 0 aliphatic rings. The minimum absolute atomic E-state index is 0.0411. The number of alkyl halides is 1. The Morgan fingerprint density at radius 2 is 1.59 bits per heavy atom. The molecule has 0 aliphatic heterocycles. The maximum atomic E-state index is 5.74. The van der Waals surface area contributed by atoms with Crippen LogP contribution in [-0.2, 0) is 14.2 Å². The van der Waals surface area contributed by atoms with E-state index in [0.29, 0.717) is 5.88 Å². The average molecular weight is 263 g/mol. The Labute approximate surface area is 109 Å². The Morgan fingerprint density at radius 3 is 2.00 bits per heavy atom. The first kappa shape index (κ1) is 16.6. The molecule has 100 valence electrons. The smallest absolute Gasteiger partial charge is 0.176 e. The average Bonchev–Trinajstić information content (AvgIpc) is 2.34. The number of hydrogen-bond donors (Lipinski definition) is 0. The third-order valence-corrected chi connectivity index (χ3v) is 2.81. The fraction of sp³-hybridized carbons (Fsp3) is 0.692. The van der Waals surface area contributed by atoms with Crippen molar-refractivity contribution >= 4 is 11.6 Å². The number of methoxy groups -OCH3 is 3. The van der Waals surface area contributed by atoms with E-state index in [1.807, 2.05) is 26.0 Å². The van der Waals surface area contributed by atoms with Crippen LogP contribution in [0.4, 0.5) is 0 Å². The molecular formula is C13H23ClO3. The molecule has 1 atom stereocenters. The monoisotopic (exact) mass is 262 g/mol. The minimum Gasteiger partial charge on any atom is -0.377 e. The van der Waals surface area contributed by atoms with Crippen molar-refractivity contribution in [3.63, 3.8) is 0 Å². The predicted octanol–water partition coefficient (Wildman–Crippen LogP) is 3.14. The number of rotatable bonds is 8. The van der Waals surface area contributed by atoms with Crippen molar-refractivity contribution in [2.24, 2.45) is 0 Å². The van der Waals surface area contributed by atoms with E-state index in [-0.39, 0.29) is 12.4 Å². The lowest BCUT2D eigenvalue weighted by molar-refractivity contribution is -0.0672. The number of hydrogen-bond acceptors (Lipinski definition) is 3. The number of halogens is 1. The van der Waals surface area contributed by atoms with Crippen molar-refractivity contribution < 1.29 is 14.2 Å². The van der Waals surface area contributed by atoms with E-state index in [9.17, 15) is 0 Å². The van der Waals surface area contributed by atoms with Gasteiger partial charge in [0.2, 0.25) is 0 Å². The summed E-state index contributed by atoms with van der Waals surface area (Å²) in [6.07, 6.45) is 4.52. The lowest BCUT2D eigenvalue weighted by atomic mass is 10.1. The van der Waals surface area contributed by atoms with Crippen LogP contribution in [-0.4, -0.2) is 39.6 Å². The summed E-state index contributed by atoms with van der Waals surface area (Å²) >= 11 is 5.74. The summed E-state index contributed by atoms with van der Waals surface area (Å²) in [5.41, 5.74) is 2.27. The van der Waals surface area contributed by atoms with E-state index < -0.39 is 0 Å². The van der Waals surface area contributed by atoms with E-state index >= 15 is 0 Å². The normalized spacial score (nSPS) is 15.5. The van der Waals surface area contributed by atoms with Crippen molar-refractivity contribution in [3.8, 4) is 0 Å². The van der Waals surface area contributed by atoms with E-state index in [0.717, 1.165) is 17.6 Å². The van der Waals surface area contributed by atoms with Gasteiger partial charge in [0.25, 0.3) is 0 Å². The zero-order valence-corrected chi connectivity index (χ0v) is 12.1. The van der Waals surface area contributed by atoms with Crippen molar-refractivity contribution in [3.05, 3.63) is 23.3 Å². The van der Waals surface area contributed by atoms with E-state index in [2.05, 4.69) is 0 Å². The van der Waals surface area contributed by atoms with Gasteiger partial charge in [0.05, 0.1) is 6.10 Å². The summed E-state index contributed by atoms with van der Waals surface area (Å²) in [5, 5.41) is 0. The fourth-order valence-electron chi connectivity index (χ4n) is 1.42. The van der Waals surface area contributed by atoms with Crippen LogP contribution in [0.3, 0.4) is 0 Å². The van der Waals surface area contributed by atoms with E-state index in [1.54, 1.807) is 21.3 Å². The van der Waals surface area contributed by atoms with Gasteiger partial charge in [0, 0.05) is 27.2 Å². The predicted molar refractivity (Wildman–Crippen MR) is 71.5 cm³/mol. The molecule has 0 N–H and O–H groups in total. The highest BCUT2D eigenvalue weighted by atomic mass is 35.5. The summed E-state index contributed by atoms with van der Waals surface area (Å²) in [5.74, 6) is 0.529. The van der Waals surface area contributed by atoms with Gasteiger partial charge in [-0.2, -0.15) is 0 Å². The van der Waals surface area contributed by atoms with Gasteiger partial charge < -0.3 is 14.2 Å². The molecule has 0 aromatic rings. The summed E-state index contributed by atoms with van der Waals surface area (Å²) in [4.78, 5) is 0. The standard InChI is InChI=1S/C13H23ClO3/c1-10(8-13(16-4)17-5)6-12(15-3)7-11(2)9-14/h7-8,12-13H,6,9H2,1-5H3/b10-8+,11-7+. The lowest BCUT2D eigenvalue weighted by Gasteiger charge is -2.15. The van der Waals surface area contributed by atoms with Crippen LogP contribution < -0.4 is 0 Å². The Bertz CT molecular complexity index is 257. The fourth-order valence-corrected chi connectivity index (χ4v) is 1.51. The molecule has 0 aliphatic carbocycles. The number of ether oxygens (including phenoxy) is 3. The Balaban J connectivity index is 4.46. The van der Waals surface area contributed by atoms with Crippen LogP contribution >= 0.6 is 11.6 Å². The molecule has 0 rings (SSSR count). The second kappa shape index (κ2) is 9.66. The maximum absolute atomic E-state index is 5.74. The van der Waals surface area contributed by atoms with Crippen LogP contribution in [0.1, 0.15) is 20.3 Å². The van der Waals surface area contributed by atoms with Gasteiger partial charge in [0.15, 0.2) is 6.29 Å². The highest BCUT2D eigenvalue weighted by Crippen LogP contribution is 2.13. The zero-order valence-electron chi connectivity index (χ0n) is 11.3. The van der Waals surface area contributed by atoms with Crippen LogP contribution in [0.15, 0.2) is 23.3 Å². The third-order valence-electron chi connectivity index (χ3n) is 2.39. The molecule has 0 spiro atoms. The molecular weight excluding hydrogens is 240 g/mol. The maximum Gasteiger partial charge on any atom is 0.176 e. The van der Waals surface area contributed by atoms with Crippen molar-refractivity contribution in [2.75, 3.05) is 27.2 Å². The Morgan fingerprint density at radius 1 is 1.00 bits per heavy atom. The van der Waals surface area contributed by atoms with Gasteiger partial charge in [-0.25, -0.2) is 0 Å². The molecule has 0 amide bonds. The van der Waals surface area contributed by atoms with Gasteiger partial charge in [-0.3, -0.25) is 0 Å². The summed E-state index contributed by atoms with van der Waals surface area (Å²) in [6.45, 7) is 4.02.